The van der Waals surface area contributed by atoms with Crippen LogP contribution in [0.4, 0.5) is 0 Å². The maximum absolute atomic E-state index is 11.5. The fourth-order valence-corrected chi connectivity index (χ4v) is 0.938. The Labute approximate surface area is 85.6 Å². The number of aliphatic hydroxyl groups is 1. The van der Waals surface area contributed by atoms with Gasteiger partial charge in [0.1, 0.15) is 5.60 Å². The monoisotopic (exact) mass is 203 g/mol. The van der Waals surface area contributed by atoms with Gasteiger partial charge >= 0.3 is 5.97 Å². The first-order chi connectivity index (χ1) is 6.28. The molecule has 0 aromatic carbocycles. The average molecular weight is 203 g/mol. The molecule has 0 spiro atoms. The van der Waals surface area contributed by atoms with Crippen LogP contribution in [0.3, 0.4) is 0 Å². The number of hydrogen-bond acceptors (Lipinski definition) is 4. The molecule has 0 aliphatic heterocycles. The maximum Gasteiger partial charge on any atom is 0.311 e. The summed E-state index contributed by atoms with van der Waals surface area (Å²) in [6, 6.07) is 0. The van der Waals surface area contributed by atoms with Crippen molar-refractivity contribution in [3.8, 4) is 0 Å². The number of likely N-dealkylation sites (N-methyl/N-ethyl adjacent to an activating group) is 1. The Kier molecular flexibility index (Phi) is 5.08. The molecule has 4 heteroatoms. The largest absolute Gasteiger partial charge is 0.460 e. The van der Waals surface area contributed by atoms with Crippen molar-refractivity contribution in [1.29, 1.82) is 0 Å². The number of carbonyl (C=O) groups excluding carboxylic acids is 1. The lowest BCUT2D eigenvalue weighted by atomic mass is 10.0. The summed E-state index contributed by atoms with van der Waals surface area (Å²) in [6.45, 7) is 7.47. The lowest BCUT2D eigenvalue weighted by Crippen LogP contribution is -2.37. The highest BCUT2D eigenvalue weighted by Crippen LogP contribution is 2.13. The molecule has 2 unspecified atom stereocenters. The van der Waals surface area contributed by atoms with Gasteiger partial charge in [0.25, 0.3) is 0 Å². The van der Waals surface area contributed by atoms with Crippen molar-refractivity contribution in [2.75, 3.05) is 13.6 Å². The molecular weight excluding hydrogens is 182 g/mol. The van der Waals surface area contributed by atoms with Crippen LogP contribution in [0.5, 0.6) is 0 Å². The highest BCUT2D eigenvalue weighted by atomic mass is 16.6. The summed E-state index contributed by atoms with van der Waals surface area (Å²) in [7, 11) is 1.73. The van der Waals surface area contributed by atoms with Gasteiger partial charge in [-0.3, -0.25) is 4.79 Å². The van der Waals surface area contributed by atoms with Gasteiger partial charge in [-0.15, -0.1) is 0 Å². The number of aliphatic hydroxyl groups excluding tert-OH is 1. The summed E-state index contributed by atoms with van der Waals surface area (Å²) in [5, 5.41) is 12.3. The van der Waals surface area contributed by atoms with Crippen LogP contribution < -0.4 is 5.32 Å². The molecule has 4 nitrogen and oxygen atoms in total. The van der Waals surface area contributed by atoms with Crippen LogP contribution in [0.15, 0.2) is 0 Å². The molecule has 2 atom stereocenters. The summed E-state index contributed by atoms with van der Waals surface area (Å²) in [5.41, 5.74) is -0.495. The van der Waals surface area contributed by atoms with Gasteiger partial charge < -0.3 is 15.2 Å². The zero-order valence-electron chi connectivity index (χ0n) is 9.63. The second-order valence-corrected chi connectivity index (χ2v) is 4.45. The van der Waals surface area contributed by atoms with Crippen LogP contribution in [-0.2, 0) is 9.53 Å². The van der Waals surface area contributed by atoms with Crippen molar-refractivity contribution in [1.82, 2.24) is 5.32 Å². The topological polar surface area (TPSA) is 58.6 Å². The smallest absolute Gasteiger partial charge is 0.311 e. The van der Waals surface area contributed by atoms with E-state index in [1.54, 1.807) is 14.0 Å². The van der Waals surface area contributed by atoms with Gasteiger partial charge in [-0.05, 0) is 34.7 Å². The van der Waals surface area contributed by atoms with Gasteiger partial charge in [0, 0.05) is 6.54 Å². The molecular formula is C10H21NO3. The molecule has 0 aromatic rings. The predicted molar refractivity (Wildman–Crippen MR) is 54.9 cm³/mol. The van der Waals surface area contributed by atoms with Crippen molar-refractivity contribution < 1.29 is 14.6 Å². The second kappa shape index (κ2) is 5.32. The van der Waals surface area contributed by atoms with Crippen LogP contribution in [0.1, 0.15) is 27.7 Å². The number of esters is 1. The fraction of sp³-hybridized carbons (Fsp3) is 0.900. The molecule has 0 aliphatic rings. The Morgan fingerprint density at radius 1 is 1.50 bits per heavy atom. The summed E-state index contributed by atoms with van der Waals surface area (Å²) < 4.78 is 5.14. The van der Waals surface area contributed by atoms with Crippen molar-refractivity contribution in [3.05, 3.63) is 0 Å². The third kappa shape index (κ3) is 5.19. The normalized spacial score (nSPS) is 16.1. The fourth-order valence-electron chi connectivity index (χ4n) is 0.938. The van der Waals surface area contributed by atoms with Crippen molar-refractivity contribution in [3.63, 3.8) is 0 Å². The SMILES string of the molecule is CNCC(O)C(C)C(=O)OC(C)(C)C. The molecule has 0 heterocycles. The van der Waals surface area contributed by atoms with E-state index in [0.717, 1.165) is 0 Å². The van der Waals surface area contributed by atoms with E-state index in [1.165, 1.54) is 0 Å². The zero-order chi connectivity index (χ0) is 11.4. The van der Waals surface area contributed by atoms with Gasteiger partial charge in [0.05, 0.1) is 12.0 Å². The maximum atomic E-state index is 11.5. The van der Waals surface area contributed by atoms with Gasteiger partial charge in [0.2, 0.25) is 0 Å². The summed E-state index contributed by atoms with van der Waals surface area (Å²) in [4.78, 5) is 11.5. The van der Waals surface area contributed by atoms with Crippen LogP contribution in [0, 0.1) is 5.92 Å². The third-order valence-electron chi connectivity index (χ3n) is 1.77. The number of ether oxygens (including phenoxy) is 1. The molecule has 0 aliphatic carbocycles. The molecule has 0 amide bonds. The summed E-state index contributed by atoms with van der Waals surface area (Å²) >= 11 is 0. The van der Waals surface area contributed by atoms with Crippen LogP contribution in [0.2, 0.25) is 0 Å². The van der Waals surface area contributed by atoms with E-state index in [1.807, 2.05) is 20.8 Å². The van der Waals surface area contributed by atoms with E-state index in [9.17, 15) is 9.90 Å². The Bertz CT molecular complexity index is 186. The number of carbonyl (C=O) groups is 1. The van der Waals surface area contributed by atoms with E-state index in [4.69, 9.17) is 4.74 Å². The minimum absolute atomic E-state index is 0.361. The van der Waals surface area contributed by atoms with E-state index in [-0.39, 0.29) is 5.97 Å². The summed E-state index contributed by atoms with van der Waals surface area (Å²) in [5.74, 6) is -0.859. The first-order valence-corrected chi connectivity index (χ1v) is 4.83. The molecule has 0 radical (unpaired) electrons. The molecule has 0 saturated carbocycles. The molecule has 0 fully saturated rings. The second-order valence-electron chi connectivity index (χ2n) is 4.45. The Balaban J connectivity index is 4.12. The van der Waals surface area contributed by atoms with Crippen LogP contribution in [0.25, 0.3) is 0 Å². The van der Waals surface area contributed by atoms with Crippen molar-refractivity contribution in [2.24, 2.45) is 5.92 Å². The molecule has 2 N–H and O–H groups in total. The standard InChI is InChI=1S/C10H21NO3/c1-7(8(12)6-11-5)9(13)14-10(2,3)4/h7-8,11-12H,6H2,1-5H3. The molecule has 0 saturated heterocycles. The predicted octanol–water partition coefficient (Wildman–Crippen LogP) is 0.544. The van der Waals surface area contributed by atoms with Gasteiger partial charge in [-0.25, -0.2) is 0 Å². The lowest BCUT2D eigenvalue weighted by molar-refractivity contribution is -0.163. The van der Waals surface area contributed by atoms with E-state index < -0.39 is 17.6 Å². The van der Waals surface area contributed by atoms with E-state index >= 15 is 0 Å². The molecule has 84 valence electrons. The average Bonchev–Trinajstić information content (AvgIpc) is 2.00. The van der Waals surface area contributed by atoms with E-state index in [2.05, 4.69) is 5.32 Å². The highest BCUT2D eigenvalue weighted by Gasteiger charge is 2.26. The highest BCUT2D eigenvalue weighted by molar-refractivity contribution is 5.73. The third-order valence-corrected chi connectivity index (χ3v) is 1.77. The van der Waals surface area contributed by atoms with Crippen molar-refractivity contribution in [2.45, 2.75) is 39.4 Å². The Hall–Kier alpha value is -0.610. The van der Waals surface area contributed by atoms with Crippen molar-refractivity contribution >= 4 is 5.97 Å². The first kappa shape index (κ1) is 13.4. The van der Waals surface area contributed by atoms with E-state index in [0.29, 0.717) is 6.54 Å². The minimum atomic E-state index is -0.699. The van der Waals surface area contributed by atoms with Gasteiger partial charge in [-0.2, -0.15) is 0 Å². The number of nitrogens with one attached hydrogen (secondary N) is 1. The first-order valence-electron chi connectivity index (χ1n) is 4.83. The summed E-state index contributed by atoms with van der Waals surface area (Å²) in [6.07, 6.45) is -0.699. The number of hydrogen-bond donors (Lipinski definition) is 2. The Morgan fingerprint density at radius 3 is 2.36 bits per heavy atom. The molecule has 0 aromatic heterocycles. The lowest BCUT2D eigenvalue weighted by Gasteiger charge is -2.24. The molecule has 14 heavy (non-hydrogen) atoms. The minimum Gasteiger partial charge on any atom is -0.460 e. The Morgan fingerprint density at radius 2 is 2.00 bits per heavy atom. The van der Waals surface area contributed by atoms with Gasteiger partial charge in [0.15, 0.2) is 0 Å². The van der Waals surface area contributed by atoms with Crippen LogP contribution >= 0.6 is 0 Å². The molecule has 0 rings (SSSR count). The number of rotatable bonds is 4. The quantitative estimate of drug-likeness (QED) is 0.655. The molecule has 0 bridgehead atoms. The van der Waals surface area contributed by atoms with Gasteiger partial charge in [-0.1, -0.05) is 0 Å². The zero-order valence-corrected chi connectivity index (χ0v) is 9.63. The van der Waals surface area contributed by atoms with Crippen LogP contribution in [-0.4, -0.2) is 36.4 Å².